The third-order valence-electron chi connectivity index (χ3n) is 11.8. The highest BCUT2D eigenvalue weighted by Gasteiger charge is 2.51. The van der Waals surface area contributed by atoms with E-state index in [1.807, 2.05) is 33.8 Å². The summed E-state index contributed by atoms with van der Waals surface area (Å²) in [6, 6.07) is 3.11. The molecule has 1 saturated heterocycles. The van der Waals surface area contributed by atoms with Crippen LogP contribution in [0.1, 0.15) is 128 Å². The smallest absolute Gasteiger partial charge is 0.289 e. The number of carbonyl (C=O) groups excluding carboxylic acids is 6. The molecule has 0 bridgehead atoms. The summed E-state index contributed by atoms with van der Waals surface area (Å²) < 4.78 is 0. The van der Waals surface area contributed by atoms with Gasteiger partial charge in [-0.05, 0) is 92.9 Å². The lowest BCUT2D eigenvalue weighted by Gasteiger charge is -2.40. The zero-order valence-electron chi connectivity index (χ0n) is 32.2. The van der Waals surface area contributed by atoms with Crippen LogP contribution in [-0.4, -0.2) is 86.4 Å². The van der Waals surface area contributed by atoms with Gasteiger partial charge in [-0.3, -0.25) is 28.8 Å². The molecule has 2 aromatic rings. The molecule has 6 rings (SSSR count). The number of carbonyl (C=O) groups is 6. The summed E-state index contributed by atoms with van der Waals surface area (Å²) in [6.45, 7) is 7.54. The van der Waals surface area contributed by atoms with E-state index in [1.54, 1.807) is 29.3 Å². The number of aromatic nitrogens is 2. The number of likely N-dealkylation sites (tertiary alicyclic amines) is 1. The van der Waals surface area contributed by atoms with E-state index in [0.717, 1.165) is 76.0 Å². The predicted octanol–water partition coefficient (Wildman–Crippen LogP) is 4.13. The van der Waals surface area contributed by atoms with Crippen LogP contribution in [-0.2, 0) is 24.0 Å². The summed E-state index contributed by atoms with van der Waals surface area (Å²) in [5, 5.41) is 12.5. The van der Waals surface area contributed by atoms with Gasteiger partial charge in [-0.25, -0.2) is 9.97 Å². The van der Waals surface area contributed by atoms with E-state index in [-0.39, 0.29) is 35.5 Å². The van der Waals surface area contributed by atoms with Crippen molar-refractivity contribution in [2.75, 3.05) is 0 Å². The lowest BCUT2D eigenvalue weighted by molar-refractivity contribution is -0.147. The van der Waals surface area contributed by atoms with Crippen molar-refractivity contribution in [2.45, 2.75) is 154 Å². The zero-order valence-corrected chi connectivity index (χ0v) is 32.2. The zero-order chi connectivity index (χ0) is 38.6. The van der Waals surface area contributed by atoms with Crippen molar-refractivity contribution in [3.8, 4) is 0 Å². The fourth-order valence-electron chi connectivity index (χ4n) is 8.67. The monoisotopic (exact) mass is 743 g/mol. The first-order valence-corrected chi connectivity index (χ1v) is 20.2. The van der Waals surface area contributed by atoms with E-state index < -0.39 is 59.0 Å². The van der Waals surface area contributed by atoms with E-state index in [2.05, 4.69) is 31.2 Å². The van der Waals surface area contributed by atoms with Crippen molar-refractivity contribution in [2.24, 2.45) is 17.3 Å². The molecule has 2 aromatic heterocycles. The van der Waals surface area contributed by atoms with Crippen LogP contribution in [0.2, 0.25) is 0 Å². The first-order valence-electron chi connectivity index (χ1n) is 20.2. The number of amides is 5. The minimum atomic E-state index is -1.01. The molecule has 1 unspecified atom stereocenters. The molecule has 0 radical (unpaired) electrons. The van der Waals surface area contributed by atoms with Crippen molar-refractivity contribution >= 4 is 46.4 Å². The number of rotatable bonds is 13. The molecule has 4 aliphatic rings. The molecule has 3 aliphatic carbocycles. The maximum Gasteiger partial charge on any atom is 0.289 e. The van der Waals surface area contributed by atoms with Gasteiger partial charge in [0, 0.05) is 23.7 Å². The number of nitrogens with zero attached hydrogens (tertiary/aromatic N) is 3. The van der Waals surface area contributed by atoms with Crippen molar-refractivity contribution in [1.82, 2.24) is 36.1 Å². The van der Waals surface area contributed by atoms with Gasteiger partial charge in [-0.2, -0.15) is 0 Å². The highest BCUT2D eigenvalue weighted by Crippen LogP contribution is 2.41. The quantitative estimate of drug-likeness (QED) is 0.221. The lowest BCUT2D eigenvalue weighted by atomic mass is 9.81. The molecular weight excluding hydrogens is 686 g/mol. The Balaban J connectivity index is 1.23. The van der Waals surface area contributed by atoms with Gasteiger partial charge in [0.2, 0.25) is 23.5 Å². The van der Waals surface area contributed by atoms with Crippen LogP contribution in [0.25, 0.3) is 11.0 Å². The van der Waals surface area contributed by atoms with Crippen LogP contribution >= 0.6 is 0 Å². The lowest BCUT2D eigenvalue weighted by Crippen LogP contribution is -2.63. The summed E-state index contributed by atoms with van der Waals surface area (Å²) in [6.07, 6.45) is 12.6. The van der Waals surface area contributed by atoms with Crippen LogP contribution in [0.15, 0.2) is 30.5 Å². The van der Waals surface area contributed by atoms with Crippen LogP contribution in [0, 0.1) is 17.3 Å². The topological polar surface area (TPSA) is 180 Å². The Morgan fingerprint density at radius 3 is 2.30 bits per heavy atom. The number of pyridine rings is 2. The SMILES string of the molecule is CCC[C@H](NC(=O)[C@@H]1C[C@@H]2CCCC[C@@H]2N1C(=O)[C@@H](NC(=O)C(NC(=O)c1ccc2cccnc2n1)C1CCCCC1)C(C)(C)C)C(=O)C(=O)NC1CC1. The molecule has 3 saturated carbocycles. The van der Waals surface area contributed by atoms with Gasteiger partial charge in [0.1, 0.15) is 23.8 Å². The van der Waals surface area contributed by atoms with E-state index in [0.29, 0.717) is 24.9 Å². The molecule has 0 spiro atoms. The largest absolute Gasteiger partial charge is 0.347 e. The summed E-state index contributed by atoms with van der Waals surface area (Å²) in [4.78, 5) is 93.5. The Hall–Kier alpha value is -4.42. The summed E-state index contributed by atoms with van der Waals surface area (Å²) in [5.41, 5.74) is -0.175. The number of ketones is 1. The Bertz CT molecular complexity index is 1730. The van der Waals surface area contributed by atoms with Crippen molar-refractivity contribution < 1.29 is 28.8 Å². The predicted molar refractivity (Wildman–Crippen MR) is 203 cm³/mol. The maximum atomic E-state index is 14.9. The number of hydrogen-bond donors (Lipinski definition) is 4. The number of fused-ring (bicyclic) bond motifs is 2. The van der Waals surface area contributed by atoms with E-state index in [1.165, 1.54) is 0 Å². The fourth-order valence-corrected chi connectivity index (χ4v) is 8.67. The van der Waals surface area contributed by atoms with Crippen LogP contribution in [0.3, 0.4) is 0 Å². The molecule has 6 atom stereocenters. The molecule has 292 valence electrons. The third kappa shape index (κ3) is 9.09. The minimum absolute atomic E-state index is 0.00807. The fraction of sp³-hybridized carbons (Fsp3) is 0.659. The van der Waals surface area contributed by atoms with Gasteiger partial charge in [-0.15, -0.1) is 0 Å². The highest BCUT2D eigenvalue weighted by molar-refractivity contribution is 6.38. The van der Waals surface area contributed by atoms with Gasteiger partial charge in [-0.1, -0.05) is 66.2 Å². The van der Waals surface area contributed by atoms with Crippen molar-refractivity contribution in [3.05, 3.63) is 36.2 Å². The molecule has 4 fully saturated rings. The van der Waals surface area contributed by atoms with Crippen molar-refractivity contribution in [3.63, 3.8) is 0 Å². The number of Topliss-reactive ketones (excluding diaryl/α,β-unsaturated/α-hetero) is 1. The third-order valence-corrected chi connectivity index (χ3v) is 11.8. The van der Waals surface area contributed by atoms with E-state index in [9.17, 15) is 28.8 Å². The Morgan fingerprint density at radius 2 is 1.59 bits per heavy atom. The van der Waals surface area contributed by atoms with E-state index in [4.69, 9.17) is 0 Å². The first-order chi connectivity index (χ1) is 25.8. The molecule has 1 aliphatic heterocycles. The minimum Gasteiger partial charge on any atom is -0.347 e. The van der Waals surface area contributed by atoms with Crippen LogP contribution in [0.5, 0.6) is 0 Å². The Labute approximate surface area is 318 Å². The molecule has 3 heterocycles. The Kier molecular flexibility index (Phi) is 12.3. The van der Waals surface area contributed by atoms with Crippen LogP contribution < -0.4 is 21.3 Å². The van der Waals surface area contributed by atoms with E-state index >= 15 is 0 Å². The standard InChI is InChI=1S/C41H57N7O6/c1-5-12-28(33(49)39(53)43-27-19-20-27)45-37(51)31-23-26-15-9-10-17-30(26)48(31)40(54)34(41(2,3)4)47-38(52)32(24-13-7-6-8-14-24)46-36(50)29-21-18-25-16-11-22-42-35(25)44-29/h11,16,18,21-22,24,26-28,30-32,34H,5-10,12-15,17,19-20,23H2,1-4H3,(H,43,53)(H,45,51)(H,46,50)(H,47,52)/t26-,28-,30-,31-,32?,34+/m0/s1. The summed E-state index contributed by atoms with van der Waals surface area (Å²) >= 11 is 0. The normalized spacial score (nSPS) is 23.4. The molecule has 13 heteroatoms. The second-order valence-corrected chi connectivity index (χ2v) is 17.0. The van der Waals surface area contributed by atoms with Gasteiger partial charge in [0.25, 0.3) is 11.8 Å². The molecule has 54 heavy (non-hydrogen) atoms. The molecular formula is C41H57N7O6. The van der Waals surface area contributed by atoms with Crippen molar-refractivity contribution in [1.29, 1.82) is 0 Å². The van der Waals surface area contributed by atoms with Gasteiger partial charge in [0.15, 0.2) is 5.65 Å². The molecule has 5 amide bonds. The van der Waals surface area contributed by atoms with Gasteiger partial charge in [0.05, 0.1) is 6.04 Å². The molecule has 13 nitrogen and oxygen atoms in total. The second-order valence-electron chi connectivity index (χ2n) is 17.0. The highest BCUT2D eigenvalue weighted by atomic mass is 16.2. The number of nitrogens with one attached hydrogen (secondary N) is 4. The average Bonchev–Trinajstić information content (AvgIpc) is 3.90. The average molecular weight is 744 g/mol. The van der Waals surface area contributed by atoms with Crippen LogP contribution in [0.4, 0.5) is 0 Å². The summed E-state index contributed by atoms with van der Waals surface area (Å²) in [7, 11) is 0. The first kappa shape index (κ1) is 39.3. The van der Waals surface area contributed by atoms with Gasteiger partial charge >= 0.3 is 0 Å². The number of hydrogen-bond acceptors (Lipinski definition) is 8. The Morgan fingerprint density at radius 1 is 0.870 bits per heavy atom. The van der Waals surface area contributed by atoms with Gasteiger partial charge < -0.3 is 26.2 Å². The maximum absolute atomic E-state index is 14.9. The summed E-state index contributed by atoms with van der Waals surface area (Å²) in [5.74, 6) is -3.13. The molecule has 0 aromatic carbocycles. The molecule has 4 N–H and O–H groups in total. The second kappa shape index (κ2) is 16.9.